The molecule has 2 heteroatoms. The van der Waals surface area contributed by atoms with Crippen LogP contribution in [0.25, 0.3) is 5.57 Å². The molecule has 0 spiro atoms. The number of hydrogen-bond donors (Lipinski definition) is 0. The average Bonchev–Trinajstić information content (AvgIpc) is 3.19. The van der Waals surface area contributed by atoms with Gasteiger partial charge in [-0.15, -0.1) is 0 Å². The zero-order chi connectivity index (χ0) is 17.2. The number of fused-ring (bicyclic) bond motifs is 1. The van der Waals surface area contributed by atoms with Crippen molar-refractivity contribution in [2.75, 3.05) is 0 Å². The molecule has 0 fully saturated rings. The molecule has 0 aliphatic heterocycles. The van der Waals surface area contributed by atoms with E-state index in [0.717, 1.165) is 19.3 Å². The van der Waals surface area contributed by atoms with Crippen LogP contribution >= 0.6 is 0 Å². The maximum atomic E-state index is 6.69. The van der Waals surface area contributed by atoms with E-state index in [9.17, 15) is 0 Å². The van der Waals surface area contributed by atoms with E-state index in [1.54, 1.807) is 5.57 Å². The highest BCUT2D eigenvalue weighted by atomic mass is 28.4. The van der Waals surface area contributed by atoms with Crippen LogP contribution in [0.4, 0.5) is 0 Å². The zero-order valence-corrected chi connectivity index (χ0v) is 16.5. The lowest BCUT2D eigenvalue weighted by molar-refractivity contribution is 0.219. The number of rotatable bonds is 7. The highest BCUT2D eigenvalue weighted by molar-refractivity contribution is 6.69. The van der Waals surface area contributed by atoms with Crippen LogP contribution in [-0.4, -0.2) is 14.4 Å². The minimum Gasteiger partial charge on any atom is -0.411 e. The van der Waals surface area contributed by atoms with E-state index in [1.807, 2.05) is 0 Å². The van der Waals surface area contributed by atoms with Crippen molar-refractivity contribution in [3.05, 3.63) is 65.3 Å². The molecule has 0 aromatic heterocycles. The fraction of sp³-hybridized carbons (Fsp3) is 0.455. The predicted molar refractivity (Wildman–Crippen MR) is 107 cm³/mol. The van der Waals surface area contributed by atoms with Gasteiger partial charge in [0.2, 0.25) is 0 Å². The summed E-state index contributed by atoms with van der Waals surface area (Å²) >= 11 is 0. The summed E-state index contributed by atoms with van der Waals surface area (Å²) in [5.74, 6) is 0.620. The summed E-state index contributed by atoms with van der Waals surface area (Å²) in [6, 6.07) is 8.83. The van der Waals surface area contributed by atoms with Gasteiger partial charge in [-0.05, 0) is 67.9 Å². The van der Waals surface area contributed by atoms with E-state index in [2.05, 4.69) is 75.1 Å². The van der Waals surface area contributed by atoms with Gasteiger partial charge in [-0.25, -0.2) is 0 Å². The third-order valence-electron chi connectivity index (χ3n) is 5.03. The fourth-order valence-corrected chi connectivity index (χ4v) is 4.96. The van der Waals surface area contributed by atoms with E-state index < -0.39 is 8.32 Å². The summed E-state index contributed by atoms with van der Waals surface area (Å²) in [5, 5.41) is 0. The summed E-state index contributed by atoms with van der Waals surface area (Å²) in [5.41, 5.74) is 5.87. The van der Waals surface area contributed by atoms with E-state index in [0.29, 0.717) is 5.92 Å². The Hall–Kier alpha value is -1.38. The first-order chi connectivity index (χ1) is 11.5. The first-order valence-electron chi connectivity index (χ1n) is 9.29. The van der Waals surface area contributed by atoms with E-state index in [-0.39, 0.29) is 6.10 Å². The van der Waals surface area contributed by atoms with Crippen molar-refractivity contribution in [2.24, 2.45) is 5.92 Å². The molecule has 2 atom stereocenters. The summed E-state index contributed by atoms with van der Waals surface area (Å²) < 4.78 is 6.69. The summed E-state index contributed by atoms with van der Waals surface area (Å²) in [6.07, 6.45) is 13.9. The Labute approximate surface area is 148 Å². The average molecular weight is 339 g/mol. The van der Waals surface area contributed by atoms with Gasteiger partial charge in [0.15, 0.2) is 8.32 Å². The lowest BCUT2D eigenvalue weighted by atomic mass is 9.86. The van der Waals surface area contributed by atoms with Crippen molar-refractivity contribution in [3.8, 4) is 0 Å². The van der Waals surface area contributed by atoms with Crippen LogP contribution in [0.3, 0.4) is 0 Å². The standard InChI is InChI=1S/C22H30OSi/c1-5-17(18-10-6-7-11-18)16-22(23-24(2,3)4)21-15-14-19-12-8-9-13-20(19)21/h6-10,12-13,15,17,22H,5,11,14,16H2,1-4H3. The minimum atomic E-state index is -1.60. The van der Waals surface area contributed by atoms with E-state index >= 15 is 0 Å². The SMILES string of the molecule is CCC(CC(O[Si](C)(C)C)C1=CCc2ccccc21)C1=CC=CC1. The van der Waals surface area contributed by atoms with Crippen LogP contribution in [0.5, 0.6) is 0 Å². The number of benzene rings is 1. The summed E-state index contributed by atoms with van der Waals surface area (Å²) in [6.45, 7) is 9.22. The molecule has 0 amide bonds. The zero-order valence-electron chi connectivity index (χ0n) is 15.5. The van der Waals surface area contributed by atoms with Crippen LogP contribution in [0, 0.1) is 5.92 Å². The largest absolute Gasteiger partial charge is 0.411 e. The van der Waals surface area contributed by atoms with Crippen LogP contribution in [-0.2, 0) is 10.8 Å². The van der Waals surface area contributed by atoms with Gasteiger partial charge in [0, 0.05) is 0 Å². The molecule has 24 heavy (non-hydrogen) atoms. The van der Waals surface area contributed by atoms with Crippen molar-refractivity contribution in [1.29, 1.82) is 0 Å². The molecule has 1 nitrogen and oxygen atoms in total. The Balaban J connectivity index is 1.84. The van der Waals surface area contributed by atoms with Crippen LogP contribution in [0.15, 0.2) is 54.1 Å². The van der Waals surface area contributed by atoms with E-state index in [1.165, 1.54) is 23.1 Å². The molecule has 2 aliphatic carbocycles. The van der Waals surface area contributed by atoms with Gasteiger partial charge < -0.3 is 4.43 Å². The number of hydrogen-bond acceptors (Lipinski definition) is 1. The Morgan fingerprint density at radius 2 is 1.92 bits per heavy atom. The van der Waals surface area contributed by atoms with Gasteiger partial charge in [-0.1, -0.05) is 61.1 Å². The maximum absolute atomic E-state index is 6.69. The van der Waals surface area contributed by atoms with Gasteiger partial charge in [0.1, 0.15) is 0 Å². The fourth-order valence-electron chi connectivity index (χ4n) is 3.89. The first-order valence-corrected chi connectivity index (χ1v) is 12.7. The second-order valence-corrected chi connectivity index (χ2v) is 12.4. The minimum absolute atomic E-state index is 0.228. The highest BCUT2D eigenvalue weighted by Gasteiger charge is 2.30. The van der Waals surface area contributed by atoms with Gasteiger partial charge in [0.05, 0.1) is 6.10 Å². The predicted octanol–water partition coefficient (Wildman–Crippen LogP) is 6.15. The normalized spacial score (nSPS) is 19.0. The van der Waals surface area contributed by atoms with Crippen molar-refractivity contribution in [1.82, 2.24) is 0 Å². The molecule has 0 bridgehead atoms. The molecule has 1 aromatic rings. The topological polar surface area (TPSA) is 9.23 Å². The van der Waals surface area contributed by atoms with Crippen LogP contribution in [0.1, 0.15) is 37.3 Å². The first kappa shape index (κ1) is 17.4. The molecule has 0 saturated carbocycles. The van der Waals surface area contributed by atoms with E-state index in [4.69, 9.17) is 4.43 Å². The maximum Gasteiger partial charge on any atom is 0.184 e. The third kappa shape index (κ3) is 3.99. The van der Waals surface area contributed by atoms with Crippen molar-refractivity contribution in [3.63, 3.8) is 0 Å². The Morgan fingerprint density at radius 1 is 1.12 bits per heavy atom. The van der Waals surface area contributed by atoms with Crippen molar-refractivity contribution in [2.45, 2.75) is 58.4 Å². The van der Waals surface area contributed by atoms with Gasteiger partial charge in [-0.3, -0.25) is 0 Å². The molecule has 0 saturated heterocycles. The molecule has 2 unspecified atom stereocenters. The number of allylic oxidation sites excluding steroid dienone is 5. The molecular weight excluding hydrogens is 308 g/mol. The Bertz CT molecular complexity index is 675. The quantitative estimate of drug-likeness (QED) is 0.542. The molecule has 0 heterocycles. The molecule has 1 aromatic carbocycles. The van der Waals surface area contributed by atoms with Crippen molar-refractivity contribution >= 4 is 13.9 Å². The molecule has 3 rings (SSSR count). The highest BCUT2D eigenvalue weighted by Crippen LogP contribution is 2.37. The smallest absolute Gasteiger partial charge is 0.184 e. The second kappa shape index (κ2) is 7.24. The van der Waals surface area contributed by atoms with Gasteiger partial charge in [0.25, 0.3) is 0 Å². The van der Waals surface area contributed by atoms with Crippen molar-refractivity contribution < 1.29 is 4.43 Å². The van der Waals surface area contributed by atoms with Crippen LogP contribution in [0.2, 0.25) is 19.6 Å². The van der Waals surface area contributed by atoms with Gasteiger partial charge >= 0.3 is 0 Å². The Morgan fingerprint density at radius 3 is 2.58 bits per heavy atom. The summed E-state index contributed by atoms with van der Waals surface area (Å²) in [4.78, 5) is 0. The molecule has 0 N–H and O–H groups in total. The van der Waals surface area contributed by atoms with Gasteiger partial charge in [-0.2, -0.15) is 0 Å². The van der Waals surface area contributed by atoms with Crippen LogP contribution < -0.4 is 0 Å². The monoisotopic (exact) mass is 338 g/mol. The molecule has 128 valence electrons. The molecular formula is C22H30OSi. The lowest BCUT2D eigenvalue weighted by Gasteiger charge is -2.31. The second-order valence-electron chi connectivity index (χ2n) is 7.95. The Kier molecular flexibility index (Phi) is 5.26. The molecule has 0 radical (unpaired) electrons. The summed E-state index contributed by atoms with van der Waals surface area (Å²) in [7, 11) is -1.60. The third-order valence-corrected chi connectivity index (χ3v) is 6.02. The molecule has 2 aliphatic rings. The lowest BCUT2D eigenvalue weighted by Crippen LogP contribution is -2.34.